The van der Waals surface area contributed by atoms with Crippen LogP contribution in [-0.2, 0) is 4.79 Å². The molecule has 2 aromatic carbocycles. The minimum atomic E-state index is -0.927. The number of nitrogens with zero attached hydrogens (tertiary/aromatic N) is 2. The highest BCUT2D eigenvalue weighted by Crippen LogP contribution is 2.32. The first-order chi connectivity index (χ1) is 13.0. The third-order valence-corrected chi connectivity index (χ3v) is 3.68. The molecular weight excluding hydrogens is 358 g/mol. The van der Waals surface area contributed by atoms with Crippen LogP contribution in [0.1, 0.15) is 5.56 Å². The molecule has 0 saturated carbocycles. The Bertz CT molecular complexity index is 913. The van der Waals surface area contributed by atoms with Crippen LogP contribution in [0.3, 0.4) is 0 Å². The zero-order valence-electron chi connectivity index (χ0n) is 14.1. The number of amides is 1. The minimum absolute atomic E-state index is 0.00416. The zero-order valence-corrected chi connectivity index (χ0v) is 14.1. The quantitative estimate of drug-likeness (QED) is 0.469. The molecule has 2 aromatic rings. The summed E-state index contributed by atoms with van der Waals surface area (Å²) in [5.74, 6) is -0.418. The number of hydrazone groups is 1. The number of fused-ring (bicyclic) bond motifs is 1. The number of methoxy groups -OCH3 is 1. The number of para-hydroxylation sites is 2. The van der Waals surface area contributed by atoms with Gasteiger partial charge in [-0.25, -0.2) is 5.43 Å². The van der Waals surface area contributed by atoms with E-state index in [1.54, 1.807) is 24.3 Å². The maximum absolute atomic E-state index is 12.1. The Morgan fingerprint density at radius 2 is 2.11 bits per heavy atom. The molecule has 140 valence electrons. The molecule has 0 radical (unpaired) electrons. The van der Waals surface area contributed by atoms with Gasteiger partial charge in [-0.05, 0) is 17.7 Å². The zero-order chi connectivity index (χ0) is 19.4. The number of carbonyl (C=O) groups is 1. The molecule has 1 N–H and O–H groups in total. The van der Waals surface area contributed by atoms with Gasteiger partial charge in [0.05, 0.1) is 24.3 Å². The van der Waals surface area contributed by atoms with Crippen LogP contribution < -0.4 is 24.7 Å². The van der Waals surface area contributed by atoms with Crippen molar-refractivity contribution in [2.24, 2.45) is 5.10 Å². The topological polar surface area (TPSA) is 135 Å². The van der Waals surface area contributed by atoms with Gasteiger partial charge in [-0.2, -0.15) is 5.10 Å². The van der Waals surface area contributed by atoms with E-state index >= 15 is 0 Å². The molecule has 10 nitrogen and oxygen atoms in total. The van der Waals surface area contributed by atoms with Gasteiger partial charge in [-0.15, -0.1) is 0 Å². The fourth-order valence-electron chi connectivity index (χ4n) is 2.35. The molecule has 1 heterocycles. The van der Waals surface area contributed by atoms with E-state index in [1.807, 2.05) is 0 Å². The Kier molecular flexibility index (Phi) is 5.06. The van der Waals surface area contributed by atoms with Crippen molar-refractivity contribution >= 4 is 17.8 Å². The summed E-state index contributed by atoms with van der Waals surface area (Å²) in [5.41, 5.74) is 1.78. The molecular formula is C17H14N3O7-. The van der Waals surface area contributed by atoms with E-state index in [1.165, 1.54) is 7.11 Å². The molecule has 3 rings (SSSR count). The van der Waals surface area contributed by atoms with Crippen molar-refractivity contribution in [1.29, 1.82) is 0 Å². The lowest BCUT2D eigenvalue weighted by molar-refractivity contribution is -0.385. The third-order valence-electron chi connectivity index (χ3n) is 3.68. The summed E-state index contributed by atoms with van der Waals surface area (Å²) in [5, 5.41) is 26.7. The molecule has 10 heteroatoms. The predicted molar refractivity (Wildman–Crippen MR) is 91.2 cm³/mol. The molecule has 27 heavy (non-hydrogen) atoms. The second-order valence-corrected chi connectivity index (χ2v) is 5.42. The summed E-state index contributed by atoms with van der Waals surface area (Å²) in [6.45, 7) is -0.00416. The van der Waals surface area contributed by atoms with Gasteiger partial charge >= 0.3 is 0 Å². The highest BCUT2D eigenvalue weighted by atomic mass is 16.6. The molecule has 0 bridgehead atoms. The van der Waals surface area contributed by atoms with E-state index in [-0.39, 0.29) is 23.6 Å². The summed E-state index contributed by atoms with van der Waals surface area (Å²) >= 11 is 0. The number of ether oxygens (including phenoxy) is 3. The SMILES string of the molecule is COc1cc([N+](=O)[O-])cc(/C=N\NC(=O)[C@@H]2COc3ccccc3O2)c1[O-]. The van der Waals surface area contributed by atoms with Gasteiger partial charge < -0.3 is 19.3 Å². The summed E-state index contributed by atoms with van der Waals surface area (Å²) in [7, 11) is 1.22. The molecule has 0 aromatic heterocycles. The Morgan fingerprint density at radius 3 is 2.81 bits per heavy atom. The maximum atomic E-state index is 12.1. The Morgan fingerprint density at radius 1 is 1.37 bits per heavy atom. The molecule has 1 aliphatic heterocycles. The highest BCUT2D eigenvalue weighted by molar-refractivity contribution is 5.88. The van der Waals surface area contributed by atoms with Crippen LogP contribution in [0.4, 0.5) is 5.69 Å². The molecule has 1 amide bonds. The lowest BCUT2D eigenvalue weighted by Crippen LogP contribution is -2.42. The van der Waals surface area contributed by atoms with Crippen LogP contribution in [0, 0.1) is 10.1 Å². The van der Waals surface area contributed by atoms with E-state index in [4.69, 9.17) is 14.2 Å². The van der Waals surface area contributed by atoms with Crippen molar-refractivity contribution < 1.29 is 29.0 Å². The van der Waals surface area contributed by atoms with Crippen LogP contribution in [-0.4, -0.2) is 36.9 Å². The maximum Gasteiger partial charge on any atom is 0.284 e. The van der Waals surface area contributed by atoms with Gasteiger partial charge in [0, 0.05) is 6.07 Å². The number of nitrogens with one attached hydrogen (secondary N) is 1. The van der Waals surface area contributed by atoms with E-state index in [0.29, 0.717) is 11.5 Å². The normalized spacial score (nSPS) is 15.4. The van der Waals surface area contributed by atoms with E-state index in [0.717, 1.165) is 18.3 Å². The standard InChI is InChI=1S/C17H15N3O7/c1-25-14-7-11(20(23)24)6-10(16(14)21)8-18-19-17(22)15-9-26-12-4-2-3-5-13(12)27-15/h2-8,15,21H,9H2,1H3,(H,19,22)/p-1/b18-8-/t15-/m0/s1. The number of benzene rings is 2. The number of non-ortho nitro benzene ring substituents is 1. The summed E-state index contributed by atoms with van der Waals surface area (Å²) < 4.78 is 15.8. The van der Waals surface area contributed by atoms with Crippen LogP contribution in [0.25, 0.3) is 0 Å². The average Bonchev–Trinajstić information content (AvgIpc) is 2.68. The lowest BCUT2D eigenvalue weighted by atomic mass is 10.2. The van der Waals surface area contributed by atoms with Crippen molar-refractivity contribution in [2.75, 3.05) is 13.7 Å². The van der Waals surface area contributed by atoms with Crippen molar-refractivity contribution in [3.63, 3.8) is 0 Å². The van der Waals surface area contributed by atoms with E-state index < -0.39 is 22.7 Å². The summed E-state index contributed by atoms with van der Waals surface area (Å²) in [4.78, 5) is 22.4. The molecule has 0 fully saturated rings. The smallest absolute Gasteiger partial charge is 0.284 e. The number of nitro benzene ring substituents is 1. The minimum Gasteiger partial charge on any atom is -0.870 e. The first kappa shape index (κ1) is 18.0. The van der Waals surface area contributed by atoms with Gasteiger partial charge in [0.2, 0.25) is 6.10 Å². The van der Waals surface area contributed by atoms with Crippen molar-refractivity contribution in [1.82, 2.24) is 5.43 Å². The fraction of sp³-hybridized carbons (Fsp3) is 0.176. The monoisotopic (exact) mass is 372 g/mol. The highest BCUT2D eigenvalue weighted by Gasteiger charge is 2.27. The first-order valence-corrected chi connectivity index (χ1v) is 7.74. The Labute approximate surface area is 153 Å². The summed E-state index contributed by atoms with van der Waals surface area (Å²) in [6, 6.07) is 8.96. The molecule has 1 aliphatic rings. The van der Waals surface area contributed by atoms with Crippen LogP contribution in [0.15, 0.2) is 41.5 Å². The van der Waals surface area contributed by atoms with Crippen molar-refractivity contribution in [3.8, 4) is 23.0 Å². The number of hydrogen-bond acceptors (Lipinski definition) is 8. The van der Waals surface area contributed by atoms with Crippen molar-refractivity contribution in [2.45, 2.75) is 6.10 Å². The molecule has 1 atom stereocenters. The molecule has 0 aliphatic carbocycles. The second kappa shape index (κ2) is 7.60. The largest absolute Gasteiger partial charge is 0.870 e. The molecule has 0 unspecified atom stereocenters. The summed E-state index contributed by atoms with van der Waals surface area (Å²) in [6.07, 6.45) is 0.0799. The number of rotatable bonds is 5. The third kappa shape index (κ3) is 3.89. The number of hydrogen-bond donors (Lipinski definition) is 1. The second-order valence-electron chi connectivity index (χ2n) is 5.42. The van der Waals surface area contributed by atoms with E-state index in [9.17, 15) is 20.0 Å². The van der Waals surface area contributed by atoms with Gasteiger partial charge in [-0.1, -0.05) is 17.9 Å². The Hall–Kier alpha value is -3.82. The first-order valence-electron chi connectivity index (χ1n) is 7.74. The van der Waals surface area contributed by atoms with Crippen LogP contribution in [0.5, 0.6) is 23.0 Å². The number of nitro groups is 1. The van der Waals surface area contributed by atoms with Gasteiger partial charge in [0.25, 0.3) is 11.6 Å². The van der Waals surface area contributed by atoms with Gasteiger partial charge in [0.1, 0.15) is 12.4 Å². The van der Waals surface area contributed by atoms with Crippen LogP contribution >= 0.6 is 0 Å². The van der Waals surface area contributed by atoms with Gasteiger partial charge in [0.15, 0.2) is 11.5 Å². The van der Waals surface area contributed by atoms with Gasteiger partial charge in [-0.3, -0.25) is 14.9 Å². The Balaban J connectivity index is 1.70. The predicted octanol–water partition coefficient (Wildman–Crippen LogP) is 0.967. The average molecular weight is 372 g/mol. The van der Waals surface area contributed by atoms with Crippen molar-refractivity contribution in [3.05, 3.63) is 52.1 Å². The van der Waals surface area contributed by atoms with E-state index in [2.05, 4.69) is 10.5 Å². The molecule has 0 spiro atoms. The number of carbonyl (C=O) groups excluding carboxylic acids is 1. The van der Waals surface area contributed by atoms with Crippen LogP contribution in [0.2, 0.25) is 0 Å². The fourth-order valence-corrected chi connectivity index (χ4v) is 2.35. The lowest BCUT2D eigenvalue weighted by Gasteiger charge is -2.24. The molecule has 0 saturated heterocycles.